The molecule has 1 heterocycles. The van der Waals surface area contributed by atoms with Gasteiger partial charge in [-0.1, -0.05) is 129 Å². The van der Waals surface area contributed by atoms with Crippen LogP contribution in [0.3, 0.4) is 0 Å². The molecule has 0 radical (unpaired) electrons. The Morgan fingerprint density at radius 3 is 1.84 bits per heavy atom. The number of nitrogens with zero attached hydrogens (tertiary/aromatic N) is 2. The number of unbranched alkanes of at least 4 members (excludes halogenated alkanes) is 17. The Balaban J connectivity index is 1.53. The summed E-state index contributed by atoms with van der Waals surface area (Å²) in [5, 5.41) is 2.98. The quantitative estimate of drug-likeness (QED) is 0.143. The van der Waals surface area contributed by atoms with E-state index in [1.165, 1.54) is 114 Å². The lowest BCUT2D eigenvalue weighted by atomic mass is 10.0. The fourth-order valence-electron chi connectivity index (χ4n) is 5.32. The molecule has 0 atom stereocenters. The Hall–Kier alpha value is -1.84. The fourth-order valence-corrected chi connectivity index (χ4v) is 5.32. The van der Waals surface area contributed by atoms with Gasteiger partial charge in [-0.25, -0.2) is 4.98 Å². The Bertz CT molecular complexity index is 828. The van der Waals surface area contributed by atoms with E-state index in [1.54, 1.807) is 0 Å². The van der Waals surface area contributed by atoms with Crippen LogP contribution in [0.15, 0.2) is 24.3 Å². The van der Waals surface area contributed by atoms with Crippen LogP contribution in [0.25, 0.3) is 11.0 Å². The number of carbonyl (C=O) groups excluding carboxylic acids is 1. The number of benzene rings is 1. The number of amides is 1. The number of para-hydroxylation sites is 2. The predicted molar refractivity (Wildman–Crippen MR) is 160 cm³/mol. The Morgan fingerprint density at radius 2 is 1.24 bits per heavy atom. The summed E-state index contributed by atoms with van der Waals surface area (Å²) in [4.78, 5) is 16.3. The first-order valence-electron chi connectivity index (χ1n) is 16.0. The number of imidazole rings is 1. The molecule has 1 N–H and O–H groups in total. The molecule has 0 aliphatic carbocycles. The maximum absolute atomic E-state index is 11.4. The van der Waals surface area contributed by atoms with Gasteiger partial charge >= 0.3 is 0 Å². The maximum atomic E-state index is 11.4. The third-order valence-corrected chi connectivity index (χ3v) is 7.69. The highest BCUT2D eigenvalue weighted by Gasteiger charge is 2.10. The van der Waals surface area contributed by atoms with Gasteiger partial charge < -0.3 is 9.88 Å². The molecule has 0 saturated carbocycles. The van der Waals surface area contributed by atoms with Crippen molar-refractivity contribution in [3.63, 3.8) is 0 Å². The number of rotatable bonds is 24. The first kappa shape index (κ1) is 31.4. The van der Waals surface area contributed by atoms with E-state index in [1.807, 2.05) is 6.92 Å². The van der Waals surface area contributed by atoms with Gasteiger partial charge in [0.2, 0.25) is 5.91 Å². The van der Waals surface area contributed by atoms with E-state index in [0.29, 0.717) is 6.42 Å². The molecule has 0 spiro atoms. The van der Waals surface area contributed by atoms with E-state index in [9.17, 15) is 4.79 Å². The van der Waals surface area contributed by atoms with Gasteiger partial charge in [0.15, 0.2) is 0 Å². The van der Waals surface area contributed by atoms with Crippen molar-refractivity contribution in [2.24, 2.45) is 0 Å². The summed E-state index contributed by atoms with van der Waals surface area (Å²) in [6.45, 7) is 6.07. The van der Waals surface area contributed by atoms with Crippen molar-refractivity contribution in [2.75, 3.05) is 6.54 Å². The standard InChI is InChI=1S/C33H57N3O/c1-3-5-6-7-8-9-10-11-12-13-14-15-16-17-18-24-29-36-31-26-22-21-25-30(31)35-32(36)27-20-19-23-28-34-33(37)4-2/h21-22,25-26H,3-20,23-24,27-29H2,1-2H3,(H,34,37). The molecule has 1 aromatic heterocycles. The topological polar surface area (TPSA) is 46.9 Å². The van der Waals surface area contributed by atoms with Gasteiger partial charge in [-0.2, -0.15) is 0 Å². The van der Waals surface area contributed by atoms with E-state index in [0.717, 1.165) is 44.3 Å². The molecule has 0 unspecified atom stereocenters. The van der Waals surface area contributed by atoms with Crippen LogP contribution in [-0.4, -0.2) is 22.0 Å². The van der Waals surface area contributed by atoms with E-state index in [-0.39, 0.29) is 5.91 Å². The summed E-state index contributed by atoms with van der Waals surface area (Å²) in [6.07, 6.45) is 27.4. The van der Waals surface area contributed by atoms with Crippen molar-refractivity contribution in [1.29, 1.82) is 0 Å². The van der Waals surface area contributed by atoms with E-state index < -0.39 is 0 Å². The predicted octanol–water partition coefficient (Wildman–Crippen LogP) is 9.54. The SMILES string of the molecule is CCCCCCCCCCCCCCCCCCn1c(CCCCCNC(=O)CC)nc2ccccc21. The van der Waals surface area contributed by atoms with Gasteiger partial charge in [-0.05, 0) is 31.4 Å². The Morgan fingerprint density at radius 1 is 0.703 bits per heavy atom. The summed E-state index contributed by atoms with van der Waals surface area (Å²) in [5.41, 5.74) is 2.41. The zero-order valence-electron chi connectivity index (χ0n) is 24.4. The van der Waals surface area contributed by atoms with Crippen molar-refractivity contribution < 1.29 is 4.79 Å². The summed E-state index contributed by atoms with van der Waals surface area (Å²) in [5.74, 6) is 1.39. The molecular formula is C33H57N3O. The van der Waals surface area contributed by atoms with E-state index >= 15 is 0 Å². The molecule has 4 nitrogen and oxygen atoms in total. The molecule has 0 fully saturated rings. The second-order valence-electron chi connectivity index (χ2n) is 11.0. The number of hydrogen-bond donors (Lipinski definition) is 1. The van der Waals surface area contributed by atoms with Crippen LogP contribution in [0.2, 0.25) is 0 Å². The number of nitrogens with one attached hydrogen (secondary N) is 1. The third-order valence-electron chi connectivity index (χ3n) is 7.69. The van der Waals surface area contributed by atoms with Crippen LogP contribution in [0, 0.1) is 0 Å². The van der Waals surface area contributed by atoms with E-state index in [2.05, 4.69) is 41.1 Å². The van der Waals surface area contributed by atoms with Gasteiger partial charge in [0.1, 0.15) is 5.82 Å². The number of fused-ring (bicyclic) bond motifs is 1. The van der Waals surface area contributed by atoms with Crippen LogP contribution in [-0.2, 0) is 17.8 Å². The summed E-state index contributed by atoms with van der Waals surface area (Å²) < 4.78 is 2.47. The smallest absolute Gasteiger partial charge is 0.219 e. The number of carbonyl (C=O) groups is 1. The van der Waals surface area contributed by atoms with Crippen LogP contribution < -0.4 is 5.32 Å². The van der Waals surface area contributed by atoms with Gasteiger partial charge in [-0.15, -0.1) is 0 Å². The minimum atomic E-state index is 0.153. The van der Waals surface area contributed by atoms with Crippen molar-refractivity contribution in [3.8, 4) is 0 Å². The third kappa shape index (κ3) is 14.0. The lowest BCUT2D eigenvalue weighted by Crippen LogP contribution is -2.23. The van der Waals surface area contributed by atoms with Crippen LogP contribution in [0.4, 0.5) is 0 Å². The van der Waals surface area contributed by atoms with Crippen molar-refractivity contribution in [2.45, 2.75) is 155 Å². The molecule has 1 amide bonds. The number of aryl methyl sites for hydroxylation is 2. The van der Waals surface area contributed by atoms with Crippen LogP contribution in [0.5, 0.6) is 0 Å². The lowest BCUT2D eigenvalue weighted by molar-refractivity contribution is -0.120. The zero-order chi connectivity index (χ0) is 26.4. The molecule has 0 bridgehead atoms. The molecule has 0 aliphatic heterocycles. The zero-order valence-corrected chi connectivity index (χ0v) is 24.4. The first-order valence-corrected chi connectivity index (χ1v) is 16.0. The fraction of sp³-hybridized carbons (Fsp3) is 0.758. The summed E-state index contributed by atoms with van der Waals surface area (Å²) in [6, 6.07) is 8.59. The molecule has 4 heteroatoms. The van der Waals surface area contributed by atoms with Gasteiger partial charge in [0.25, 0.3) is 0 Å². The molecule has 0 saturated heterocycles. The van der Waals surface area contributed by atoms with Crippen LogP contribution >= 0.6 is 0 Å². The van der Waals surface area contributed by atoms with Gasteiger partial charge in [0.05, 0.1) is 11.0 Å². The largest absolute Gasteiger partial charge is 0.356 e. The second kappa shape index (κ2) is 21.1. The average molecular weight is 512 g/mol. The lowest BCUT2D eigenvalue weighted by Gasteiger charge is -2.10. The first-order chi connectivity index (χ1) is 18.3. The van der Waals surface area contributed by atoms with Crippen molar-refractivity contribution in [1.82, 2.24) is 14.9 Å². The molecule has 210 valence electrons. The second-order valence-corrected chi connectivity index (χ2v) is 11.0. The molecule has 1 aromatic carbocycles. The minimum Gasteiger partial charge on any atom is -0.356 e. The highest BCUT2D eigenvalue weighted by Crippen LogP contribution is 2.20. The average Bonchev–Trinajstić information content (AvgIpc) is 3.27. The van der Waals surface area contributed by atoms with E-state index in [4.69, 9.17) is 4.98 Å². The minimum absolute atomic E-state index is 0.153. The Labute approximate surface area is 228 Å². The highest BCUT2D eigenvalue weighted by molar-refractivity contribution is 5.76. The molecular weight excluding hydrogens is 454 g/mol. The highest BCUT2D eigenvalue weighted by atomic mass is 16.1. The molecule has 37 heavy (non-hydrogen) atoms. The monoisotopic (exact) mass is 511 g/mol. The number of aromatic nitrogens is 2. The van der Waals surface area contributed by atoms with Crippen LogP contribution in [0.1, 0.15) is 148 Å². The normalized spacial score (nSPS) is 11.4. The molecule has 0 aliphatic rings. The summed E-state index contributed by atoms with van der Waals surface area (Å²) >= 11 is 0. The van der Waals surface area contributed by atoms with Gasteiger partial charge in [-0.3, -0.25) is 4.79 Å². The van der Waals surface area contributed by atoms with Crippen molar-refractivity contribution in [3.05, 3.63) is 30.1 Å². The van der Waals surface area contributed by atoms with Crippen molar-refractivity contribution >= 4 is 16.9 Å². The summed E-state index contributed by atoms with van der Waals surface area (Å²) in [7, 11) is 0. The molecule has 2 rings (SSSR count). The number of hydrogen-bond acceptors (Lipinski definition) is 2. The van der Waals surface area contributed by atoms with Gasteiger partial charge in [0, 0.05) is 25.9 Å². The maximum Gasteiger partial charge on any atom is 0.219 e. The molecule has 2 aromatic rings. The Kier molecular flexibility index (Phi) is 17.9.